The van der Waals surface area contributed by atoms with Crippen LogP contribution in [0.5, 0.6) is 0 Å². The van der Waals surface area contributed by atoms with Gasteiger partial charge in [-0.2, -0.15) is 5.10 Å². The molecule has 0 radical (unpaired) electrons. The monoisotopic (exact) mass is 357 g/mol. The smallest absolute Gasteiger partial charge is 0.0731 e. The van der Waals surface area contributed by atoms with Gasteiger partial charge in [0.25, 0.3) is 0 Å². The standard InChI is InChI=1S/C14H17BrClN3O/c1-10(13-4-3-11(15)7-14(13)16)18-12-8-17-19(9-12)5-6-20-2/h3-4,7-10,18H,5-6H2,1-2H3. The second kappa shape index (κ2) is 7.11. The predicted octanol–water partition coefficient (Wildman–Crippen LogP) is 4.12. The molecule has 0 spiro atoms. The van der Waals surface area contributed by atoms with Gasteiger partial charge in [-0.15, -0.1) is 0 Å². The Balaban J connectivity index is 2.03. The lowest BCUT2D eigenvalue weighted by Gasteiger charge is -2.15. The summed E-state index contributed by atoms with van der Waals surface area (Å²) >= 11 is 9.67. The number of halogens is 2. The van der Waals surface area contributed by atoms with Crippen molar-refractivity contribution >= 4 is 33.2 Å². The normalized spacial score (nSPS) is 12.4. The second-order valence-corrected chi connectivity index (χ2v) is 5.84. The maximum Gasteiger partial charge on any atom is 0.0731 e. The number of hydrogen-bond acceptors (Lipinski definition) is 3. The van der Waals surface area contributed by atoms with E-state index in [1.165, 1.54) is 0 Å². The van der Waals surface area contributed by atoms with Crippen LogP contribution in [0.3, 0.4) is 0 Å². The van der Waals surface area contributed by atoms with Crippen molar-refractivity contribution in [3.05, 3.63) is 45.7 Å². The van der Waals surface area contributed by atoms with Crippen LogP contribution >= 0.6 is 27.5 Å². The van der Waals surface area contributed by atoms with E-state index in [0.717, 1.165) is 27.3 Å². The van der Waals surface area contributed by atoms with Gasteiger partial charge in [-0.05, 0) is 24.6 Å². The van der Waals surface area contributed by atoms with E-state index >= 15 is 0 Å². The van der Waals surface area contributed by atoms with Crippen LogP contribution in [0.4, 0.5) is 5.69 Å². The number of rotatable bonds is 6. The average molecular weight is 359 g/mol. The van der Waals surface area contributed by atoms with Gasteiger partial charge in [0.2, 0.25) is 0 Å². The summed E-state index contributed by atoms with van der Waals surface area (Å²) in [6.45, 7) is 3.46. The van der Waals surface area contributed by atoms with E-state index in [9.17, 15) is 0 Å². The molecule has 0 bridgehead atoms. The fourth-order valence-corrected chi connectivity index (χ4v) is 2.76. The van der Waals surface area contributed by atoms with Crippen LogP contribution in [0.15, 0.2) is 35.1 Å². The first-order chi connectivity index (χ1) is 9.60. The van der Waals surface area contributed by atoms with Crippen molar-refractivity contribution in [2.45, 2.75) is 19.5 Å². The first kappa shape index (κ1) is 15.4. The van der Waals surface area contributed by atoms with Crippen LogP contribution < -0.4 is 5.32 Å². The Morgan fingerprint density at radius 2 is 2.30 bits per heavy atom. The van der Waals surface area contributed by atoms with Crippen LogP contribution in [0.1, 0.15) is 18.5 Å². The largest absolute Gasteiger partial charge is 0.383 e. The minimum Gasteiger partial charge on any atom is -0.383 e. The fraction of sp³-hybridized carbons (Fsp3) is 0.357. The highest BCUT2D eigenvalue weighted by Crippen LogP contribution is 2.28. The SMILES string of the molecule is COCCn1cc(NC(C)c2ccc(Br)cc2Cl)cn1. The molecule has 0 aliphatic carbocycles. The number of anilines is 1. The van der Waals surface area contributed by atoms with E-state index in [-0.39, 0.29) is 6.04 Å². The van der Waals surface area contributed by atoms with Crippen molar-refractivity contribution in [1.29, 1.82) is 0 Å². The van der Waals surface area contributed by atoms with E-state index in [1.54, 1.807) is 13.3 Å². The summed E-state index contributed by atoms with van der Waals surface area (Å²) in [5, 5.41) is 8.40. The number of benzene rings is 1. The van der Waals surface area contributed by atoms with E-state index in [0.29, 0.717) is 6.61 Å². The zero-order chi connectivity index (χ0) is 14.5. The van der Waals surface area contributed by atoms with Crippen molar-refractivity contribution in [1.82, 2.24) is 9.78 Å². The maximum absolute atomic E-state index is 6.26. The van der Waals surface area contributed by atoms with Gasteiger partial charge in [0.1, 0.15) is 0 Å². The highest BCUT2D eigenvalue weighted by atomic mass is 79.9. The molecule has 1 atom stereocenters. The van der Waals surface area contributed by atoms with Gasteiger partial charge in [-0.1, -0.05) is 33.6 Å². The molecule has 1 heterocycles. The first-order valence-corrected chi connectivity index (χ1v) is 7.50. The molecule has 0 amide bonds. The number of methoxy groups -OCH3 is 1. The minimum absolute atomic E-state index is 0.107. The summed E-state index contributed by atoms with van der Waals surface area (Å²) in [5.41, 5.74) is 2.02. The van der Waals surface area contributed by atoms with Gasteiger partial charge < -0.3 is 10.1 Å². The van der Waals surface area contributed by atoms with Gasteiger partial charge >= 0.3 is 0 Å². The van der Waals surface area contributed by atoms with Gasteiger partial charge in [0.15, 0.2) is 0 Å². The molecule has 0 fully saturated rings. The molecular weight excluding hydrogens is 342 g/mol. The summed E-state index contributed by atoms with van der Waals surface area (Å²) in [6, 6.07) is 6.01. The molecule has 1 aromatic heterocycles. The molecule has 1 N–H and O–H groups in total. The molecule has 6 heteroatoms. The molecule has 108 valence electrons. The van der Waals surface area contributed by atoms with Gasteiger partial charge in [0.05, 0.1) is 31.1 Å². The van der Waals surface area contributed by atoms with E-state index in [1.807, 2.05) is 29.1 Å². The van der Waals surface area contributed by atoms with Crippen molar-refractivity contribution in [3.63, 3.8) is 0 Å². The van der Waals surface area contributed by atoms with Crippen LogP contribution in [-0.2, 0) is 11.3 Å². The fourth-order valence-electron chi connectivity index (χ4n) is 1.93. The molecule has 2 rings (SSSR count). The number of nitrogens with zero attached hydrogens (tertiary/aromatic N) is 2. The van der Waals surface area contributed by atoms with Gasteiger partial charge in [-0.3, -0.25) is 4.68 Å². The van der Waals surface area contributed by atoms with Crippen LogP contribution in [0, 0.1) is 0 Å². The average Bonchev–Trinajstić information content (AvgIpc) is 2.83. The third-order valence-corrected chi connectivity index (χ3v) is 3.79. The quantitative estimate of drug-likeness (QED) is 0.844. The van der Waals surface area contributed by atoms with Crippen molar-refractivity contribution in [2.24, 2.45) is 0 Å². The molecule has 1 aromatic carbocycles. The zero-order valence-corrected chi connectivity index (χ0v) is 13.8. The van der Waals surface area contributed by atoms with Gasteiger partial charge in [0, 0.05) is 22.8 Å². The number of ether oxygens (including phenoxy) is 1. The summed E-state index contributed by atoms with van der Waals surface area (Å²) < 4.78 is 7.86. The number of hydrogen-bond donors (Lipinski definition) is 1. The Hall–Kier alpha value is -1.04. The molecule has 0 aliphatic rings. The zero-order valence-electron chi connectivity index (χ0n) is 11.4. The molecule has 0 saturated heterocycles. The molecule has 20 heavy (non-hydrogen) atoms. The van der Waals surface area contributed by atoms with Crippen LogP contribution in [-0.4, -0.2) is 23.5 Å². The Morgan fingerprint density at radius 3 is 3.00 bits per heavy atom. The number of nitrogens with one attached hydrogen (secondary N) is 1. The lowest BCUT2D eigenvalue weighted by atomic mass is 10.1. The van der Waals surface area contributed by atoms with Crippen molar-refractivity contribution in [2.75, 3.05) is 19.0 Å². The predicted molar refractivity (Wildman–Crippen MR) is 85.3 cm³/mol. The topological polar surface area (TPSA) is 39.1 Å². The van der Waals surface area contributed by atoms with Gasteiger partial charge in [-0.25, -0.2) is 0 Å². The summed E-state index contributed by atoms with van der Waals surface area (Å²) in [4.78, 5) is 0. The first-order valence-electron chi connectivity index (χ1n) is 6.33. The molecule has 0 aliphatic heterocycles. The van der Waals surface area contributed by atoms with E-state index in [2.05, 4.69) is 33.3 Å². The lowest BCUT2D eigenvalue weighted by Crippen LogP contribution is -2.07. The Kier molecular flexibility index (Phi) is 5.46. The van der Waals surface area contributed by atoms with Crippen molar-refractivity contribution < 1.29 is 4.74 Å². The maximum atomic E-state index is 6.26. The lowest BCUT2D eigenvalue weighted by molar-refractivity contribution is 0.183. The Morgan fingerprint density at radius 1 is 1.50 bits per heavy atom. The molecule has 1 unspecified atom stereocenters. The third-order valence-electron chi connectivity index (χ3n) is 2.97. The Labute approximate surface area is 132 Å². The third kappa shape index (κ3) is 3.98. The highest BCUT2D eigenvalue weighted by molar-refractivity contribution is 9.10. The van der Waals surface area contributed by atoms with Crippen molar-refractivity contribution in [3.8, 4) is 0 Å². The highest BCUT2D eigenvalue weighted by Gasteiger charge is 2.10. The Bertz CT molecular complexity index is 573. The summed E-state index contributed by atoms with van der Waals surface area (Å²) in [5.74, 6) is 0. The molecular formula is C14H17BrClN3O. The second-order valence-electron chi connectivity index (χ2n) is 4.52. The summed E-state index contributed by atoms with van der Waals surface area (Å²) in [7, 11) is 1.68. The van der Waals surface area contributed by atoms with Crippen LogP contribution in [0.25, 0.3) is 0 Å². The molecule has 2 aromatic rings. The van der Waals surface area contributed by atoms with Crippen LogP contribution in [0.2, 0.25) is 5.02 Å². The summed E-state index contributed by atoms with van der Waals surface area (Å²) in [6.07, 6.45) is 3.77. The minimum atomic E-state index is 0.107. The van der Waals surface area contributed by atoms with E-state index < -0.39 is 0 Å². The van der Waals surface area contributed by atoms with E-state index in [4.69, 9.17) is 16.3 Å². The molecule has 4 nitrogen and oxygen atoms in total. The molecule has 0 saturated carbocycles. The number of aromatic nitrogens is 2.